The first-order valence-electron chi connectivity index (χ1n) is 7.36. The van der Waals surface area contributed by atoms with Gasteiger partial charge in [-0.3, -0.25) is 9.59 Å². The third kappa shape index (κ3) is 2.12. The molecule has 3 heterocycles. The highest BCUT2D eigenvalue weighted by molar-refractivity contribution is 7.13. The fraction of sp³-hybridized carbons (Fsp3) is 0.111. The Hall–Kier alpha value is -2.66. The topological polar surface area (TPSA) is 65.1 Å². The van der Waals surface area contributed by atoms with E-state index in [-0.39, 0.29) is 5.56 Å². The van der Waals surface area contributed by atoms with E-state index in [1.807, 2.05) is 41.8 Å². The monoisotopic (exact) mass is 322 g/mol. The van der Waals surface area contributed by atoms with E-state index >= 15 is 0 Å². The maximum absolute atomic E-state index is 12.9. The van der Waals surface area contributed by atoms with Crippen molar-refractivity contribution in [2.45, 2.75) is 13.0 Å². The number of hydrogen-bond donors (Lipinski definition) is 1. The number of pyridine rings is 1. The summed E-state index contributed by atoms with van der Waals surface area (Å²) in [5.74, 6) is -0.507. The average Bonchev–Trinajstić information content (AvgIpc) is 3.04. The third-order valence-corrected chi connectivity index (χ3v) is 5.17. The molecule has 0 saturated carbocycles. The number of fused-ring (bicyclic) bond motifs is 3. The van der Waals surface area contributed by atoms with Crippen LogP contribution in [0.1, 0.15) is 15.9 Å². The number of carbonyl (C=O) groups is 1. The quantitative estimate of drug-likeness (QED) is 0.788. The molecule has 1 aromatic carbocycles. The molecule has 1 amide bonds. The molecule has 1 aliphatic rings. The van der Waals surface area contributed by atoms with Crippen LogP contribution in [0.15, 0.2) is 52.6 Å². The summed E-state index contributed by atoms with van der Waals surface area (Å²) in [5.41, 5.74) is 9.10. The molecular weight excluding hydrogens is 308 g/mol. The largest absolute Gasteiger partial charge is 0.366 e. The molecule has 0 fully saturated rings. The van der Waals surface area contributed by atoms with E-state index in [1.54, 1.807) is 22.0 Å². The van der Waals surface area contributed by atoms with Gasteiger partial charge in [-0.1, -0.05) is 30.3 Å². The van der Waals surface area contributed by atoms with Crippen molar-refractivity contribution in [1.29, 1.82) is 0 Å². The molecule has 0 radical (unpaired) electrons. The van der Waals surface area contributed by atoms with Crippen molar-refractivity contribution in [2.24, 2.45) is 5.73 Å². The van der Waals surface area contributed by atoms with Gasteiger partial charge in [-0.2, -0.15) is 0 Å². The first-order chi connectivity index (χ1) is 11.2. The minimum atomic E-state index is -0.507. The SMILES string of the molecule is NC(=O)c1cc(-c2ccccc2)c(=O)n2c1-c1sccc1CC2. The van der Waals surface area contributed by atoms with E-state index < -0.39 is 5.91 Å². The van der Waals surface area contributed by atoms with Crippen molar-refractivity contribution >= 4 is 17.2 Å². The normalized spacial score (nSPS) is 12.5. The lowest BCUT2D eigenvalue weighted by Crippen LogP contribution is -2.30. The van der Waals surface area contributed by atoms with Crippen molar-refractivity contribution in [3.63, 3.8) is 0 Å². The minimum Gasteiger partial charge on any atom is -0.366 e. The van der Waals surface area contributed by atoms with Gasteiger partial charge in [-0.05, 0) is 35.1 Å². The summed E-state index contributed by atoms with van der Waals surface area (Å²) in [6.45, 7) is 0.568. The average molecular weight is 322 g/mol. The van der Waals surface area contributed by atoms with Gasteiger partial charge in [0, 0.05) is 12.1 Å². The number of primary amides is 1. The predicted molar refractivity (Wildman–Crippen MR) is 91.7 cm³/mol. The summed E-state index contributed by atoms with van der Waals surface area (Å²) in [5, 5.41) is 1.99. The van der Waals surface area contributed by atoms with Crippen LogP contribution in [0, 0.1) is 0 Å². The zero-order chi connectivity index (χ0) is 16.0. The highest BCUT2D eigenvalue weighted by Crippen LogP contribution is 2.36. The van der Waals surface area contributed by atoms with E-state index in [0.717, 1.165) is 16.9 Å². The minimum absolute atomic E-state index is 0.0738. The van der Waals surface area contributed by atoms with E-state index in [0.29, 0.717) is 23.4 Å². The molecular formula is C18H14N2O2S. The molecule has 2 aromatic heterocycles. The van der Waals surface area contributed by atoms with Gasteiger partial charge < -0.3 is 10.3 Å². The number of benzene rings is 1. The van der Waals surface area contributed by atoms with Gasteiger partial charge in [-0.15, -0.1) is 11.3 Å². The first kappa shape index (κ1) is 14.0. The van der Waals surface area contributed by atoms with Crippen LogP contribution in [0.3, 0.4) is 0 Å². The second-order valence-corrected chi connectivity index (χ2v) is 6.45. The van der Waals surface area contributed by atoms with Crippen LogP contribution >= 0.6 is 11.3 Å². The molecule has 114 valence electrons. The van der Waals surface area contributed by atoms with Crippen molar-refractivity contribution in [2.75, 3.05) is 0 Å². The number of nitrogens with two attached hydrogens (primary N) is 1. The molecule has 4 nitrogen and oxygen atoms in total. The highest BCUT2D eigenvalue weighted by Gasteiger charge is 2.25. The Morgan fingerprint density at radius 2 is 1.96 bits per heavy atom. The van der Waals surface area contributed by atoms with Crippen LogP contribution in [-0.4, -0.2) is 10.5 Å². The van der Waals surface area contributed by atoms with E-state index in [2.05, 4.69) is 0 Å². The zero-order valence-electron chi connectivity index (χ0n) is 12.3. The third-order valence-electron chi connectivity index (χ3n) is 4.21. The second kappa shape index (κ2) is 5.21. The van der Waals surface area contributed by atoms with E-state index in [9.17, 15) is 9.59 Å². The number of carbonyl (C=O) groups excluding carboxylic acids is 1. The maximum Gasteiger partial charge on any atom is 0.258 e. The van der Waals surface area contributed by atoms with Gasteiger partial charge in [0.2, 0.25) is 0 Å². The lowest BCUT2D eigenvalue weighted by Gasteiger charge is -2.22. The Morgan fingerprint density at radius 3 is 2.70 bits per heavy atom. The molecule has 3 aromatic rings. The highest BCUT2D eigenvalue weighted by atomic mass is 32.1. The van der Waals surface area contributed by atoms with Gasteiger partial charge in [0.25, 0.3) is 11.5 Å². The Kier molecular flexibility index (Phi) is 3.16. The van der Waals surface area contributed by atoms with Crippen LogP contribution in [-0.2, 0) is 13.0 Å². The van der Waals surface area contributed by atoms with Crippen LogP contribution in [0.25, 0.3) is 21.7 Å². The standard InChI is InChI=1S/C18H14N2O2S/c19-17(21)14-10-13(11-4-2-1-3-5-11)18(22)20-8-6-12-7-9-23-16(12)15(14)20/h1-5,7,9-10H,6,8H2,(H2,19,21). The number of thiophene rings is 1. The van der Waals surface area contributed by atoms with Gasteiger partial charge in [0.05, 0.1) is 16.1 Å². The Labute approximate surface area is 136 Å². The van der Waals surface area contributed by atoms with E-state index in [1.165, 1.54) is 5.56 Å². The molecule has 0 bridgehead atoms. The summed E-state index contributed by atoms with van der Waals surface area (Å²) >= 11 is 1.54. The smallest absolute Gasteiger partial charge is 0.258 e. The summed E-state index contributed by atoms with van der Waals surface area (Å²) in [4.78, 5) is 25.9. The molecule has 1 aliphatic heterocycles. The number of aryl methyl sites for hydroxylation is 1. The van der Waals surface area contributed by atoms with E-state index in [4.69, 9.17) is 5.73 Å². The molecule has 4 rings (SSSR count). The summed E-state index contributed by atoms with van der Waals surface area (Å²) in [7, 11) is 0. The molecule has 0 aliphatic carbocycles. The predicted octanol–water partition coefficient (Wildman–Crippen LogP) is 2.90. The van der Waals surface area contributed by atoms with Gasteiger partial charge in [-0.25, -0.2) is 0 Å². The van der Waals surface area contributed by atoms with Crippen molar-refractivity contribution in [1.82, 2.24) is 4.57 Å². The fourth-order valence-electron chi connectivity index (χ4n) is 3.11. The molecule has 0 saturated heterocycles. The maximum atomic E-state index is 12.9. The Morgan fingerprint density at radius 1 is 1.17 bits per heavy atom. The molecule has 2 N–H and O–H groups in total. The molecule has 0 unspecified atom stereocenters. The Balaban J connectivity index is 2.07. The number of rotatable bonds is 2. The summed E-state index contributed by atoms with van der Waals surface area (Å²) < 4.78 is 1.70. The number of nitrogens with zero attached hydrogens (tertiary/aromatic N) is 1. The first-order valence-corrected chi connectivity index (χ1v) is 8.24. The van der Waals surface area contributed by atoms with Gasteiger partial charge in [0.1, 0.15) is 0 Å². The zero-order valence-corrected chi connectivity index (χ0v) is 13.1. The number of hydrogen-bond acceptors (Lipinski definition) is 3. The lowest BCUT2D eigenvalue weighted by molar-refractivity contribution is 0.1000. The molecule has 23 heavy (non-hydrogen) atoms. The summed E-state index contributed by atoms with van der Waals surface area (Å²) in [6.07, 6.45) is 0.794. The fourth-order valence-corrected chi connectivity index (χ4v) is 4.13. The van der Waals surface area contributed by atoms with Gasteiger partial charge in [0.15, 0.2) is 0 Å². The van der Waals surface area contributed by atoms with Crippen LogP contribution in [0.2, 0.25) is 0 Å². The van der Waals surface area contributed by atoms with Crippen LogP contribution < -0.4 is 11.3 Å². The van der Waals surface area contributed by atoms with Crippen molar-refractivity contribution in [3.8, 4) is 21.7 Å². The summed E-state index contributed by atoms with van der Waals surface area (Å²) in [6, 6.07) is 13.1. The number of aromatic nitrogens is 1. The Bertz CT molecular complexity index is 970. The van der Waals surface area contributed by atoms with Crippen molar-refractivity contribution < 1.29 is 4.79 Å². The number of amides is 1. The van der Waals surface area contributed by atoms with Gasteiger partial charge >= 0.3 is 0 Å². The van der Waals surface area contributed by atoms with Crippen LogP contribution in [0.4, 0.5) is 0 Å². The molecule has 0 spiro atoms. The van der Waals surface area contributed by atoms with Crippen molar-refractivity contribution in [3.05, 3.63) is 69.3 Å². The van der Waals surface area contributed by atoms with Crippen LogP contribution in [0.5, 0.6) is 0 Å². The second-order valence-electron chi connectivity index (χ2n) is 5.53. The molecule has 5 heteroatoms. The molecule has 0 atom stereocenters. The lowest BCUT2D eigenvalue weighted by atomic mass is 9.98.